The Bertz CT molecular complexity index is 1200. The second-order valence-electron chi connectivity index (χ2n) is 7.00. The molecule has 2 amide bonds. The SMILES string of the molecule is O=C(CCc1ncc(-c2ccccc2Cl)o1)NCc1ccc(NC(=O)c2ccco2)cc1. The van der Waals surface area contributed by atoms with Crippen LogP contribution < -0.4 is 10.6 Å². The summed E-state index contributed by atoms with van der Waals surface area (Å²) in [4.78, 5) is 28.4. The van der Waals surface area contributed by atoms with E-state index in [1.54, 1.807) is 36.5 Å². The Morgan fingerprint density at radius 1 is 1.00 bits per heavy atom. The number of oxazole rings is 1. The molecule has 8 heteroatoms. The van der Waals surface area contributed by atoms with Crippen molar-refractivity contribution >= 4 is 29.1 Å². The van der Waals surface area contributed by atoms with Gasteiger partial charge in [0, 0.05) is 30.6 Å². The highest BCUT2D eigenvalue weighted by Gasteiger charge is 2.11. The van der Waals surface area contributed by atoms with E-state index in [0.717, 1.165) is 11.1 Å². The fourth-order valence-electron chi connectivity index (χ4n) is 3.03. The number of nitrogens with one attached hydrogen (secondary N) is 2. The first-order chi connectivity index (χ1) is 15.6. The quantitative estimate of drug-likeness (QED) is 0.390. The molecule has 0 fully saturated rings. The summed E-state index contributed by atoms with van der Waals surface area (Å²) in [5.74, 6) is 0.862. The van der Waals surface area contributed by atoms with Crippen molar-refractivity contribution in [3.8, 4) is 11.3 Å². The maximum absolute atomic E-state index is 12.2. The molecule has 4 aromatic rings. The summed E-state index contributed by atoms with van der Waals surface area (Å²) in [5, 5.41) is 6.20. The number of hydrogen-bond acceptors (Lipinski definition) is 5. The lowest BCUT2D eigenvalue weighted by Gasteiger charge is -2.07. The molecule has 7 nitrogen and oxygen atoms in total. The standard InChI is InChI=1S/C24H20ClN3O4/c25-19-5-2-1-4-18(19)21-15-27-23(32-21)12-11-22(29)26-14-16-7-9-17(10-8-16)28-24(30)20-6-3-13-31-20/h1-10,13,15H,11-12,14H2,(H,26,29)(H,28,30). The summed E-state index contributed by atoms with van der Waals surface area (Å²) in [5.41, 5.74) is 2.31. The summed E-state index contributed by atoms with van der Waals surface area (Å²) < 4.78 is 10.8. The molecular weight excluding hydrogens is 430 g/mol. The lowest BCUT2D eigenvalue weighted by molar-refractivity contribution is -0.121. The fourth-order valence-corrected chi connectivity index (χ4v) is 3.26. The number of halogens is 1. The van der Waals surface area contributed by atoms with Gasteiger partial charge < -0.3 is 19.5 Å². The Kier molecular flexibility index (Phi) is 6.67. The number of nitrogens with zero attached hydrogens (tertiary/aromatic N) is 1. The first-order valence-electron chi connectivity index (χ1n) is 9.98. The molecule has 2 N–H and O–H groups in total. The van der Waals surface area contributed by atoms with Crippen LogP contribution >= 0.6 is 11.6 Å². The molecule has 0 aliphatic rings. The zero-order chi connectivity index (χ0) is 22.3. The normalized spacial score (nSPS) is 10.7. The molecule has 2 aromatic heterocycles. The van der Waals surface area contributed by atoms with Crippen molar-refractivity contribution in [2.45, 2.75) is 19.4 Å². The van der Waals surface area contributed by atoms with Gasteiger partial charge in [-0.3, -0.25) is 9.59 Å². The minimum absolute atomic E-state index is 0.113. The van der Waals surface area contributed by atoms with Crippen molar-refractivity contribution in [2.24, 2.45) is 0 Å². The zero-order valence-corrected chi connectivity index (χ0v) is 17.8. The smallest absolute Gasteiger partial charge is 0.291 e. The summed E-state index contributed by atoms with van der Waals surface area (Å²) in [6.45, 7) is 0.377. The molecule has 4 rings (SSSR count). The highest BCUT2D eigenvalue weighted by molar-refractivity contribution is 6.33. The van der Waals surface area contributed by atoms with E-state index in [0.29, 0.717) is 35.3 Å². The van der Waals surface area contributed by atoms with Gasteiger partial charge in [0.25, 0.3) is 5.91 Å². The van der Waals surface area contributed by atoms with Crippen molar-refractivity contribution in [3.05, 3.63) is 95.4 Å². The van der Waals surface area contributed by atoms with Crippen LogP contribution in [-0.2, 0) is 17.8 Å². The predicted molar refractivity (Wildman–Crippen MR) is 120 cm³/mol. The highest BCUT2D eigenvalue weighted by Crippen LogP contribution is 2.28. The van der Waals surface area contributed by atoms with Gasteiger partial charge in [0.05, 0.1) is 17.5 Å². The van der Waals surface area contributed by atoms with E-state index in [9.17, 15) is 9.59 Å². The van der Waals surface area contributed by atoms with Crippen LogP contribution in [0, 0.1) is 0 Å². The first-order valence-corrected chi connectivity index (χ1v) is 10.4. The number of benzene rings is 2. The number of furan rings is 1. The van der Waals surface area contributed by atoms with Gasteiger partial charge in [0.1, 0.15) is 0 Å². The number of amides is 2. The van der Waals surface area contributed by atoms with Crippen molar-refractivity contribution in [1.29, 1.82) is 0 Å². The minimum Gasteiger partial charge on any atom is -0.459 e. The molecule has 0 saturated carbocycles. The second kappa shape index (κ2) is 9.98. The maximum atomic E-state index is 12.2. The van der Waals surface area contributed by atoms with E-state index in [1.807, 2.05) is 30.3 Å². The first kappa shape index (κ1) is 21.4. The average molecular weight is 450 g/mol. The summed E-state index contributed by atoms with van der Waals surface area (Å²) in [6, 6.07) is 17.8. The molecule has 0 saturated heterocycles. The number of rotatable bonds is 8. The molecular formula is C24H20ClN3O4. The molecule has 2 heterocycles. The number of aryl methyl sites for hydroxylation is 1. The lowest BCUT2D eigenvalue weighted by atomic mass is 10.2. The van der Waals surface area contributed by atoms with Crippen molar-refractivity contribution in [2.75, 3.05) is 5.32 Å². The van der Waals surface area contributed by atoms with Gasteiger partial charge in [-0.05, 0) is 42.0 Å². The van der Waals surface area contributed by atoms with Gasteiger partial charge in [0.2, 0.25) is 5.91 Å². The fraction of sp³-hybridized carbons (Fsp3) is 0.125. The van der Waals surface area contributed by atoms with Gasteiger partial charge in [0.15, 0.2) is 17.4 Å². The Morgan fingerprint density at radius 3 is 2.56 bits per heavy atom. The molecule has 0 unspecified atom stereocenters. The number of carbonyl (C=O) groups excluding carboxylic acids is 2. The van der Waals surface area contributed by atoms with Gasteiger partial charge in [-0.2, -0.15) is 0 Å². The third-order valence-corrected chi connectivity index (χ3v) is 5.03. The number of hydrogen-bond donors (Lipinski definition) is 2. The van der Waals surface area contributed by atoms with E-state index in [1.165, 1.54) is 6.26 Å². The van der Waals surface area contributed by atoms with Crippen molar-refractivity contribution in [3.63, 3.8) is 0 Å². The maximum Gasteiger partial charge on any atom is 0.291 e. The van der Waals surface area contributed by atoms with Crippen LogP contribution in [0.5, 0.6) is 0 Å². The highest BCUT2D eigenvalue weighted by atomic mass is 35.5. The zero-order valence-electron chi connectivity index (χ0n) is 17.0. The summed E-state index contributed by atoms with van der Waals surface area (Å²) >= 11 is 6.18. The average Bonchev–Trinajstić information content (AvgIpc) is 3.50. The van der Waals surface area contributed by atoms with Gasteiger partial charge in [-0.25, -0.2) is 4.98 Å². The van der Waals surface area contributed by atoms with Crippen LogP contribution in [0.1, 0.15) is 28.4 Å². The Labute approximate surface area is 189 Å². The molecule has 0 aliphatic carbocycles. The Hall–Kier alpha value is -3.84. The van der Waals surface area contributed by atoms with E-state index in [-0.39, 0.29) is 24.0 Å². The van der Waals surface area contributed by atoms with Crippen LogP contribution in [-0.4, -0.2) is 16.8 Å². The molecule has 0 aliphatic heterocycles. The van der Waals surface area contributed by atoms with E-state index in [2.05, 4.69) is 15.6 Å². The van der Waals surface area contributed by atoms with Crippen molar-refractivity contribution < 1.29 is 18.4 Å². The van der Waals surface area contributed by atoms with Crippen molar-refractivity contribution in [1.82, 2.24) is 10.3 Å². The third kappa shape index (κ3) is 5.44. The molecule has 0 radical (unpaired) electrons. The largest absolute Gasteiger partial charge is 0.459 e. The molecule has 0 spiro atoms. The van der Waals surface area contributed by atoms with Gasteiger partial charge >= 0.3 is 0 Å². The number of carbonyl (C=O) groups is 2. The number of anilines is 1. The predicted octanol–water partition coefficient (Wildman–Crippen LogP) is 5.09. The third-order valence-electron chi connectivity index (χ3n) is 4.71. The van der Waals surface area contributed by atoms with E-state index < -0.39 is 0 Å². The lowest BCUT2D eigenvalue weighted by Crippen LogP contribution is -2.23. The molecule has 2 aromatic carbocycles. The molecule has 162 valence electrons. The van der Waals surface area contributed by atoms with Crippen LogP contribution in [0.15, 0.2) is 82.0 Å². The summed E-state index contributed by atoms with van der Waals surface area (Å²) in [7, 11) is 0. The van der Waals surface area contributed by atoms with Crippen LogP contribution in [0.2, 0.25) is 5.02 Å². The van der Waals surface area contributed by atoms with Crippen LogP contribution in [0.3, 0.4) is 0 Å². The Morgan fingerprint density at radius 2 is 1.81 bits per heavy atom. The van der Waals surface area contributed by atoms with Crippen LogP contribution in [0.25, 0.3) is 11.3 Å². The summed E-state index contributed by atoms with van der Waals surface area (Å²) in [6.07, 6.45) is 3.69. The molecule has 0 atom stereocenters. The van der Waals surface area contributed by atoms with Gasteiger partial charge in [-0.1, -0.05) is 35.9 Å². The molecule has 0 bridgehead atoms. The van der Waals surface area contributed by atoms with E-state index >= 15 is 0 Å². The molecule has 32 heavy (non-hydrogen) atoms. The number of aromatic nitrogens is 1. The van der Waals surface area contributed by atoms with Crippen LogP contribution in [0.4, 0.5) is 5.69 Å². The Balaban J connectivity index is 1.23. The van der Waals surface area contributed by atoms with Gasteiger partial charge in [-0.15, -0.1) is 0 Å². The topological polar surface area (TPSA) is 97.4 Å². The minimum atomic E-state index is -0.319. The second-order valence-corrected chi connectivity index (χ2v) is 7.41. The van der Waals surface area contributed by atoms with E-state index in [4.69, 9.17) is 20.4 Å². The monoisotopic (exact) mass is 449 g/mol.